The zero-order valence-electron chi connectivity index (χ0n) is 17.0. The molecule has 3 aromatic rings. The van der Waals surface area contributed by atoms with Gasteiger partial charge in [0.1, 0.15) is 5.82 Å². The molecule has 1 saturated carbocycles. The van der Waals surface area contributed by atoms with Gasteiger partial charge in [-0.25, -0.2) is 14.4 Å². The average Bonchev–Trinajstić information content (AvgIpc) is 2.63. The summed E-state index contributed by atoms with van der Waals surface area (Å²) in [5, 5.41) is 0. The van der Waals surface area contributed by atoms with Gasteiger partial charge in [-0.3, -0.25) is 4.98 Å². The summed E-state index contributed by atoms with van der Waals surface area (Å²) < 4.78 is 20.4. The fourth-order valence-electron chi connectivity index (χ4n) is 3.72. The van der Waals surface area contributed by atoms with Crippen molar-refractivity contribution in [3.8, 4) is 11.6 Å². The Bertz CT molecular complexity index is 1030. The van der Waals surface area contributed by atoms with Crippen LogP contribution >= 0.6 is 0 Å². The smallest absolute Gasteiger partial charge is 0.224 e. The maximum Gasteiger partial charge on any atom is 0.224 e. The number of nitrogens with two attached hydrogens (primary N) is 2. The van der Waals surface area contributed by atoms with E-state index in [9.17, 15) is 4.39 Å². The van der Waals surface area contributed by atoms with Crippen molar-refractivity contribution in [2.45, 2.75) is 44.9 Å². The molecule has 0 bridgehead atoms. The minimum atomic E-state index is -0.425. The Morgan fingerprint density at radius 1 is 1.07 bits per heavy atom. The number of anilines is 2. The van der Waals surface area contributed by atoms with Crippen LogP contribution in [0.5, 0.6) is 11.6 Å². The number of rotatable bonds is 6. The topological polar surface area (TPSA) is 113 Å². The van der Waals surface area contributed by atoms with Crippen molar-refractivity contribution in [3.63, 3.8) is 0 Å². The summed E-state index contributed by atoms with van der Waals surface area (Å²) in [6.45, 7) is 4.17. The Labute approximate surface area is 174 Å². The first kappa shape index (κ1) is 20.0. The van der Waals surface area contributed by atoms with Crippen LogP contribution in [0.25, 0.3) is 0 Å². The second-order valence-corrected chi connectivity index (χ2v) is 8.18. The molecule has 0 atom stereocenters. The molecule has 0 radical (unpaired) electrons. The minimum Gasteiger partial charge on any atom is -0.436 e. The van der Waals surface area contributed by atoms with Crippen LogP contribution in [-0.2, 0) is 6.42 Å². The molecule has 0 aliphatic heterocycles. The van der Waals surface area contributed by atoms with Crippen molar-refractivity contribution in [1.82, 2.24) is 19.9 Å². The van der Waals surface area contributed by atoms with Crippen molar-refractivity contribution in [3.05, 3.63) is 59.4 Å². The van der Waals surface area contributed by atoms with E-state index < -0.39 is 5.82 Å². The maximum atomic E-state index is 14.7. The first-order valence-corrected chi connectivity index (χ1v) is 10.1. The Kier molecular flexibility index (Phi) is 5.48. The highest BCUT2D eigenvalue weighted by Gasteiger charge is 2.33. The molecule has 4 N–H and O–H groups in total. The van der Waals surface area contributed by atoms with E-state index in [0.717, 1.165) is 36.2 Å². The van der Waals surface area contributed by atoms with E-state index in [0.29, 0.717) is 17.7 Å². The van der Waals surface area contributed by atoms with Crippen LogP contribution in [-0.4, -0.2) is 19.9 Å². The predicted molar refractivity (Wildman–Crippen MR) is 113 cm³/mol. The first-order valence-electron chi connectivity index (χ1n) is 10.1. The van der Waals surface area contributed by atoms with E-state index in [1.165, 1.54) is 6.07 Å². The number of halogens is 1. The third-order valence-electron chi connectivity index (χ3n) is 5.28. The van der Waals surface area contributed by atoms with Crippen LogP contribution in [0.2, 0.25) is 0 Å². The van der Waals surface area contributed by atoms with Crippen LogP contribution in [0.4, 0.5) is 16.2 Å². The van der Waals surface area contributed by atoms with Gasteiger partial charge in [0.15, 0.2) is 11.6 Å². The molecule has 156 valence electrons. The third kappa shape index (κ3) is 4.48. The van der Waals surface area contributed by atoms with Crippen LogP contribution in [0, 0.1) is 11.7 Å². The van der Waals surface area contributed by atoms with Gasteiger partial charge in [0.2, 0.25) is 11.8 Å². The molecule has 2 aromatic heterocycles. The molecule has 0 unspecified atom stereocenters. The van der Waals surface area contributed by atoms with E-state index in [-0.39, 0.29) is 23.5 Å². The largest absolute Gasteiger partial charge is 0.436 e. The lowest BCUT2D eigenvalue weighted by molar-refractivity contribution is 0.342. The highest BCUT2D eigenvalue weighted by molar-refractivity contribution is 5.37. The van der Waals surface area contributed by atoms with Gasteiger partial charge in [0.05, 0.1) is 23.8 Å². The molecular formula is C22H25FN6O. The molecule has 2 heterocycles. The van der Waals surface area contributed by atoms with Crippen LogP contribution < -0.4 is 16.2 Å². The summed E-state index contributed by atoms with van der Waals surface area (Å²) in [5.41, 5.74) is 14.0. The van der Waals surface area contributed by atoms with Crippen molar-refractivity contribution >= 4 is 11.8 Å². The molecule has 7 nitrogen and oxygen atoms in total. The predicted octanol–water partition coefficient (Wildman–Crippen LogP) is 4.22. The van der Waals surface area contributed by atoms with Crippen LogP contribution in [0.3, 0.4) is 0 Å². The molecule has 0 amide bonds. The lowest BCUT2D eigenvalue weighted by Gasteiger charge is -2.35. The van der Waals surface area contributed by atoms with E-state index in [1.807, 2.05) is 6.07 Å². The van der Waals surface area contributed by atoms with Crippen molar-refractivity contribution in [1.29, 1.82) is 0 Å². The zero-order chi connectivity index (χ0) is 21.3. The van der Waals surface area contributed by atoms with Gasteiger partial charge >= 0.3 is 0 Å². The van der Waals surface area contributed by atoms with E-state index >= 15 is 0 Å². The Morgan fingerprint density at radius 2 is 1.87 bits per heavy atom. The average molecular weight is 408 g/mol. The van der Waals surface area contributed by atoms with E-state index in [4.69, 9.17) is 16.2 Å². The lowest BCUT2D eigenvalue weighted by Crippen LogP contribution is -2.21. The normalized spacial score (nSPS) is 18.3. The van der Waals surface area contributed by atoms with Gasteiger partial charge in [0.25, 0.3) is 0 Å². The number of ether oxygens (including phenoxy) is 1. The highest BCUT2D eigenvalue weighted by Crippen LogP contribution is 2.47. The number of hydrogen-bond donors (Lipinski definition) is 2. The second kappa shape index (κ2) is 8.22. The fourth-order valence-corrected chi connectivity index (χ4v) is 3.72. The summed E-state index contributed by atoms with van der Waals surface area (Å²) >= 11 is 0. The fraction of sp³-hybridized carbons (Fsp3) is 0.364. The van der Waals surface area contributed by atoms with Crippen LogP contribution in [0.15, 0.2) is 36.7 Å². The number of hydrogen-bond acceptors (Lipinski definition) is 7. The number of nitrogens with zero attached hydrogens (tertiary/aromatic N) is 4. The zero-order valence-corrected chi connectivity index (χ0v) is 17.0. The molecule has 4 rings (SSSR count). The number of benzene rings is 1. The summed E-state index contributed by atoms with van der Waals surface area (Å²) in [6.07, 6.45) is 5.83. The Morgan fingerprint density at radius 3 is 2.53 bits per heavy atom. The van der Waals surface area contributed by atoms with Gasteiger partial charge in [0, 0.05) is 12.0 Å². The van der Waals surface area contributed by atoms with E-state index in [1.54, 1.807) is 24.5 Å². The monoisotopic (exact) mass is 408 g/mol. The lowest BCUT2D eigenvalue weighted by atomic mass is 9.70. The number of nitrogen functional groups attached to an aromatic ring is 2. The van der Waals surface area contributed by atoms with E-state index in [2.05, 4.69) is 33.8 Å². The quantitative estimate of drug-likeness (QED) is 0.628. The van der Waals surface area contributed by atoms with Gasteiger partial charge in [-0.15, -0.1) is 0 Å². The first-order chi connectivity index (χ1) is 14.4. The van der Waals surface area contributed by atoms with Crippen molar-refractivity contribution < 1.29 is 9.13 Å². The molecule has 0 spiro atoms. The molecule has 1 aromatic carbocycles. The van der Waals surface area contributed by atoms with Crippen LogP contribution in [0.1, 0.15) is 55.5 Å². The molecule has 1 aliphatic rings. The highest BCUT2D eigenvalue weighted by atomic mass is 19.1. The van der Waals surface area contributed by atoms with Gasteiger partial charge in [-0.1, -0.05) is 19.9 Å². The SMILES string of the molecule is CC(C)Cc1cc(Oc2ccc(C3CC(c4cnc(N)cn4)C3)cc2F)nc(N)n1. The third-order valence-corrected chi connectivity index (χ3v) is 5.28. The Balaban J connectivity index is 1.43. The summed E-state index contributed by atoms with van der Waals surface area (Å²) in [6, 6.07) is 6.77. The molecule has 1 aliphatic carbocycles. The number of aromatic nitrogens is 4. The minimum absolute atomic E-state index is 0.117. The standard InChI is InChI=1S/C22H25FN6O/c1-12(2)5-16-9-21(29-22(25)28-16)30-19-4-3-13(8-17(19)23)14-6-15(7-14)18-10-27-20(24)11-26-18/h3-4,8-12,14-15H,5-7H2,1-2H3,(H2,24,27)(H2,25,28,29). The summed E-state index contributed by atoms with van der Waals surface area (Å²) in [5.74, 6) is 1.48. The Hall–Kier alpha value is -3.29. The van der Waals surface area contributed by atoms with Gasteiger partial charge in [-0.05, 0) is 48.8 Å². The summed E-state index contributed by atoms with van der Waals surface area (Å²) in [7, 11) is 0. The molecule has 30 heavy (non-hydrogen) atoms. The van der Waals surface area contributed by atoms with Gasteiger partial charge in [-0.2, -0.15) is 4.98 Å². The van der Waals surface area contributed by atoms with Crippen molar-refractivity contribution in [2.24, 2.45) is 5.92 Å². The molecule has 8 heteroatoms. The summed E-state index contributed by atoms with van der Waals surface area (Å²) in [4.78, 5) is 16.7. The maximum absolute atomic E-state index is 14.7. The van der Waals surface area contributed by atoms with Crippen molar-refractivity contribution in [2.75, 3.05) is 11.5 Å². The second-order valence-electron chi connectivity index (χ2n) is 8.18. The van der Waals surface area contributed by atoms with Gasteiger partial charge < -0.3 is 16.2 Å². The molecular weight excluding hydrogens is 383 g/mol. The molecule has 1 fully saturated rings. The molecule has 0 saturated heterocycles.